The molecule has 0 saturated carbocycles. The molecule has 0 aromatic heterocycles. The number of nitrogens with one attached hydrogen (secondary N) is 1. The summed E-state index contributed by atoms with van der Waals surface area (Å²) in [6, 6.07) is 0.633. The molecule has 15 heavy (non-hydrogen) atoms. The maximum atomic E-state index is 3.75. The number of hydrogen-bond acceptors (Lipinski definition) is 1. The van der Waals surface area contributed by atoms with Crippen LogP contribution in [0.25, 0.3) is 0 Å². The van der Waals surface area contributed by atoms with Gasteiger partial charge < -0.3 is 5.32 Å². The van der Waals surface area contributed by atoms with Gasteiger partial charge in [-0.05, 0) is 45.1 Å². The Morgan fingerprint density at radius 1 is 1.27 bits per heavy atom. The van der Waals surface area contributed by atoms with Gasteiger partial charge in [0, 0.05) is 6.04 Å². The van der Waals surface area contributed by atoms with E-state index in [-0.39, 0.29) is 0 Å². The molecule has 0 aliphatic rings. The first-order chi connectivity index (χ1) is 7.02. The van der Waals surface area contributed by atoms with E-state index in [9.17, 15) is 0 Å². The van der Waals surface area contributed by atoms with Crippen LogP contribution in [0.1, 0.15) is 59.3 Å². The topological polar surface area (TPSA) is 12.0 Å². The first-order valence-corrected chi connectivity index (χ1v) is 6.30. The summed E-state index contributed by atoms with van der Waals surface area (Å²) >= 11 is 0. The summed E-state index contributed by atoms with van der Waals surface area (Å²) in [7, 11) is 2.05. The standard InChI is InChI=1S/C14H29N/c1-6-7-8-9-10-11-14(3,4)12-13(2)15-5/h6,13,15H,1,7-12H2,2-5H3. The zero-order chi connectivity index (χ0) is 11.7. The third kappa shape index (κ3) is 8.68. The molecular weight excluding hydrogens is 182 g/mol. The summed E-state index contributed by atoms with van der Waals surface area (Å²) in [5, 5.41) is 3.32. The SMILES string of the molecule is C=CCCCCCC(C)(C)CC(C)NC. The molecule has 1 heteroatoms. The fourth-order valence-corrected chi connectivity index (χ4v) is 2.10. The van der Waals surface area contributed by atoms with Crippen LogP contribution in [0.4, 0.5) is 0 Å². The average molecular weight is 211 g/mol. The van der Waals surface area contributed by atoms with Gasteiger partial charge in [-0.3, -0.25) is 0 Å². The minimum Gasteiger partial charge on any atom is -0.317 e. The third-order valence-corrected chi connectivity index (χ3v) is 3.11. The van der Waals surface area contributed by atoms with Crippen LogP contribution < -0.4 is 5.32 Å². The molecule has 0 aliphatic carbocycles. The molecular formula is C14H29N. The molecule has 0 bridgehead atoms. The second-order valence-corrected chi connectivity index (χ2v) is 5.45. The average Bonchev–Trinajstić information content (AvgIpc) is 2.16. The molecule has 0 radical (unpaired) electrons. The molecule has 0 saturated heterocycles. The molecule has 0 aromatic carbocycles. The lowest BCUT2D eigenvalue weighted by molar-refractivity contribution is 0.264. The van der Waals surface area contributed by atoms with E-state index in [1.807, 2.05) is 13.1 Å². The molecule has 90 valence electrons. The van der Waals surface area contributed by atoms with E-state index >= 15 is 0 Å². The minimum atomic E-state index is 0.483. The smallest absolute Gasteiger partial charge is 0.00408 e. The Kier molecular flexibility index (Phi) is 7.76. The van der Waals surface area contributed by atoms with E-state index in [1.165, 1.54) is 38.5 Å². The molecule has 1 atom stereocenters. The number of allylic oxidation sites excluding steroid dienone is 1. The van der Waals surface area contributed by atoms with E-state index in [0.29, 0.717) is 11.5 Å². The number of hydrogen-bond donors (Lipinski definition) is 1. The van der Waals surface area contributed by atoms with Gasteiger partial charge in [0.15, 0.2) is 0 Å². The summed E-state index contributed by atoms with van der Waals surface area (Å²) in [6.45, 7) is 10.8. The molecule has 0 aromatic rings. The highest BCUT2D eigenvalue weighted by Gasteiger charge is 2.19. The van der Waals surface area contributed by atoms with Crippen molar-refractivity contribution in [2.24, 2.45) is 5.41 Å². The molecule has 0 aliphatic heterocycles. The van der Waals surface area contributed by atoms with Gasteiger partial charge in [-0.25, -0.2) is 0 Å². The fraction of sp³-hybridized carbons (Fsp3) is 0.857. The van der Waals surface area contributed by atoms with Crippen molar-refractivity contribution in [3.63, 3.8) is 0 Å². The van der Waals surface area contributed by atoms with E-state index in [0.717, 1.165) is 0 Å². The van der Waals surface area contributed by atoms with E-state index in [2.05, 4.69) is 32.7 Å². The van der Waals surface area contributed by atoms with Gasteiger partial charge in [-0.1, -0.05) is 32.8 Å². The first kappa shape index (κ1) is 14.7. The Hall–Kier alpha value is -0.300. The van der Waals surface area contributed by atoms with Crippen LogP contribution in [-0.4, -0.2) is 13.1 Å². The van der Waals surface area contributed by atoms with Gasteiger partial charge in [0.2, 0.25) is 0 Å². The molecule has 1 unspecified atom stereocenters. The maximum Gasteiger partial charge on any atom is 0.00408 e. The highest BCUT2D eigenvalue weighted by molar-refractivity contribution is 4.74. The van der Waals surface area contributed by atoms with Crippen molar-refractivity contribution in [2.75, 3.05) is 7.05 Å². The third-order valence-electron chi connectivity index (χ3n) is 3.11. The Morgan fingerprint density at radius 2 is 1.93 bits per heavy atom. The predicted octanol–water partition coefficient (Wildman–Crippen LogP) is 4.15. The lowest BCUT2D eigenvalue weighted by Crippen LogP contribution is -2.28. The van der Waals surface area contributed by atoms with E-state index in [4.69, 9.17) is 0 Å². The maximum absolute atomic E-state index is 3.75. The molecule has 1 nitrogen and oxygen atoms in total. The Bertz CT molecular complexity index is 161. The van der Waals surface area contributed by atoms with Gasteiger partial charge >= 0.3 is 0 Å². The van der Waals surface area contributed by atoms with E-state index in [1.54, 1.807) is 0 Å². The fourth-order valence-electron chi connectivity index (χ4n) is 2.10. The van der Waals surface area contributed by atoms with Crippen LogP contribution in [0.2, 0.25) is 0 Å². The molecule has 0 amide bonds. The van der Waals surface area contributed by atoms with Crippen LogP contribution in [0, 0.1) is 5.41 Å². The van der Waals surface area contributed by atoms with Crippen molar-refractivity contribution in [3.8, 4) is 0 Å². The van der Waals surface area contributed by atoms with Crippen molar-refractivity contribution < 1.29 is 0 Å². The molecule has 1 N–H and O–H groups in total. The summed E-state index contributed by atoms with van der Waals surface area (Å²) < 4.78 is 0. The zero-order valence-corrected chi connectivity index (χ0v) is 11.1. The van der Waals surface area contributed by atoms with Crippen LogP contribution in [0.15, 0.2) is 12.7 Å². The van der Waals surface area contributed by atoms with Crippen molar-refractivity contribution in [3.05, 3.63) is 12.7 Å². The number of rotatable bonds is 9. The monoisotopic (exact) mass is 211 g/mol. The quantitative estimate of drug-likeness (QED) is 0.446. The summed E-state index contributed by atoms with van der Waals surface area (Å²) in [5.41, 5.74) is 0.483. The van der Waals surface area contributed by atoms with Gasteiger partial charge in [0.1, 0.15) is 0 Å². The van der Waals surface area contributed by atoms with Crippen LogP contribution in [-0.2, 0) is 0 Å². The first-order valence-electron chi connectivity index (χ1n) is 6.30. The van der Waals surface area contributed by atoms with Crippen molar-refractivity contribution in [2.45, 2.75) is 65.3 Å². The lowest BCUT2D eigenvalue weighted by atomic mass is 9.81. The highest BCUT2D eigenvalue weighted by Crippen LogP contribution is 2.29. The summed E-state index contributed by atoms with van der Waals surface area (Å²) in [6.07, 6.45) is 9.82. The minimum absolute atomic E-state index is 0.483. The predicted molar refractivity (Wildman–Crippen MR) is 70.2 cm³/mol. The van der Waals surface area contributed by atoms with Gasteiger partial charge in [-0.15, -0.1) is 6.58 Å². The largest absolute Gasteiger partial charge is 0.317 e. The Labute approximate surface area is 96.3 Å². The van der Waals surface area contributed by atoms with Crippen LogP contribution >= 0.6 is 0 Å². The normalized spacial score (nSPS) is 13.9. The summed E-state index contributed by atoms with van der Waals surface area (Å²) in [5.74, 6) is 0. The number of unbranched alkanes of at least 4 members (excludes halogenated alkanes) is 3. The van der Waals surface area contributed by atoms with Crippen molar-refractivity contribution >= 4 is 0 Å². The molecule has 0 rings (SSSR count). The zero-order valence-electron chi connectivity index (χ0n) is 11.1. The van der Waals surface area contributed by atoms with Gasteiger partial charge in [0.25, 0.3) is 0 Å². The molecule has 0 heterocycles. The van der Waals surface area contributed by atoms with Crippen molar-refractivity contribution in [1.29, 1.82) is 0 Å². The Morgan fingerprint density at radius 3 is 2.47 bits per heavy atom. The molecule has 0 spiro atoms. The summed E-state index contributed by atoms with van der Waals surface area (Å²) in [4.78, 5) is 0. The van der Waals surface area contributed by atoms with Crippen molar-refractivity contribution in [1.82, 2.24) is 5.32 Å². The van der Waals surface area contributed by atoms with Crippen LogP contribution in [0.3, 0.4) is 0 Å². The lowest BCUT2D eigenvalue weighted by Gasteiger charge is -2.28. The highest BCUT2D eigenvalue weighted by atomic mass is 14.9. The Balaban J connectivity index is 3.59. The second kappa shape index (κ2) is 7.92. The van der Waals surface area contributed by atoms with Gasteiger partial charge in [0.05, 0.1) is 0 Å². The second-order valence-electron chi connectivity index (χ2n) is 5.45. The van der Waals surface area contributed by atoms with E-state index < -0.39 is 0 Å². The molecule has 0 fully saturated rings. The van der Waals surface area contributed by atoms with Crippen LogP contribution in [0.5, 0.6) is 0 Å². The van der Waals surface area contributed by atoms with Gasteiger partial charge in [-0.2, -0.15) is 0 Å².